The van der Waals surface area contributed by atoms with Crippen molar-refractivity contribution in [2.75, 3.05) is 0 Å². The van der Waals surface area contributed by atoms with Crippen molar-refractivity contribution in [3.63, 3.8) is 0 Å². The zero-order valence-corrected chi connectivity index (χ0v) is 10.5. The Morgan fingerprint density at radius 3 is 2.71 bits per heavy atom. The zero-order valence-electron chi connectivity index (χ0n) is 9.71. The molecule has 0 radical (unpaired) electrons. The normalized spacial score (nSPS) is 12.2. The Bertz CT molecular complexity index is 433. The summed E-state index contributed by atoms with van der Waals surface area (Å²) in [6, 6.07) is 12.4. The summed E-state index contributed by atoms with van der Waals surface area (Å²) in [6.45, 7) is 4.44. The van der Waals surface area contributed by atoms with Crippen LogP contribution in [0.25, 0.3) is 0 Å². The standard InChI is InChI=1S/C15H16OS/c1-2-6-15(14-9-10-17-12-14)16-11-13-7-4-3-5-8-13/h2-5,7-10,12,15H,1,6,11H2. The van der Waals surface area contributed by atoms with Crippen LogP contribution < -0.4 is 0 Å². The Labute approximate surface area is 106 Å². The van der Waals surface area contributed by atoms with Crippen molar-refractivity contribution < 1.29 is 4.74 Å². The van der Waals surface area contributed by atoms with Crippen LogP contribution in [0.2, 0.25) is 0 Å². The van der Waals surface area contributed by atoms with E-state index in [1.165, 1.54) is 11.1 Å². The first-order chi connectivity index (χ1) is 8.40. The van der Waals surface area contributed by atoms with Gasteiger partial charge in [-0.2, -0.15) is 11.3 Å². The van der Waals surface area contributed by atoms with Crippen molar-refractivity contribution in [2.24, 2.45) is 0 Å². The van der Waals surface area contributed by atoms with Crippen molar-refractivity contribution in [1.29, 1.82) is 0 Å². The van der Waals surface area contributed by atoms with Crippen LogP contribution >= 0.6 is 11.3 Å². The summed E-state index contributed by atoms with van der Waals surface area (Å²) in [5.41, 5.74) is 2.45. The summed E-state index contributed by atoms with van der Waals surface area (Å²) in [6.07, 6.45) is 2.88. The molecule has 0 aliphatic rings. The van der Waals surface area contributed by atoms with Crippen LogP contribution in [0, 0.1) is 0 Å². The van der Waals surface area contributed by atoms with E-state index < -0.39 is 0 Å². The van der Waals surface area contributed by atoms with Crippen molar-refractivity contribution in [3.8, 4) is 0 Å². The van der Waals surface area contributed by atoms with Crippen molar-refractivity contribution >= 4 is 11.3 Å². The Morgan fingerprint density at radius 2 is 2.06 bits per heavy atom. The molecule has 0 spiro atoms. The Balaban J connectivity index is 1.97. The van der Waals surface area contributed by atoms with Crippen molar-refractivity contribution in [1.82, 2.24) is 0 Å². The number of rotatable bonds is 6. The van der Waals surface area contributed by atoms with E-state index in [2.05, 4.69) is 35.5 Å². The summed E-state index contributed by atoms with van der Waals surface area (Å²) in [4.78, 5) is 0. The molecule has 0 aliphatic heterocycles. The van der Waals surface area contributed by atoms with Crippen LogP contribution in [0.15, 0.2) is 59.8 Å². The second kappa shape index (κ2) is 6.38. The molecule has 17 heavy (non-hydrogen) atoms. The van der Waals surface area contributed by atoms with Gasteiger partial charge in [0.25, 0.3) is 0 Å². The average molecular weight is 244 g/mol. The fourth-order valence-electron chi connectivity index (χ4n) is 1.68. The molecule has 1 atom stereocenters. The number of thiophene rings is 1. The highest BCUT2D eigenvalue weighted by Crippen LogP contribution is 2.25. The van der Waals surface area contributed by atoms with Crippen molar-refractivity contribution in [3.05, 3.63) is 70.9 Å². The molecule has 0 saturated carbocycles. The molecule has 0 fully saturated rings. The number of hydrogen-bond acceptors (Lipinski definition) is 2. The summed E-state index contributed by atoms with van der Waals surface area (Å²) in [5.74, 6) is 0. The van der Waals surface area contributed by atoms with E-state index in [4.69, 9.17) is 4.74 Å². The monoisotopic (exact) mass is 244 g/mol. The highest BCUT2D eigenvalue weighted by Gasteiger charge is 2.10. The molecular formula is C15H16OS. The van der Waals surface area contributed by atoms with Gasteiger partial charge >= 0.3 is 0 Å². The zero-order chi connectivity index (χ0) is 11.9. The Morgan fingerprint density at radius 1 is 1.24 bits per heavy atom. The Kier molecular flexibility index (Phi) is 4.54. The van der Waals surface area contributed by atoms with Crippen LogP contribution in [0.5, 0.6) is 0 Å². The third kappa shape index (κ3) is 3.55. The molecule has 1 nitrogen and oxygen atoms in total. The lowest BCUT2D eigenvalue weighted by atomic mass is 10.1. The molecule has 1 aromatic heterocycles. The van der Waals surface area contributed by atoms with Crippen LogP contribution in [0.1, 0.15) is 23.7 Å². The fourth-order valence-corrected chi connectivity index (χ4v) is 2.38. The molecule has 1 heterocycles. The first-order valence-electron chi connectivity index (χ1n) is 5.68. The molecule has 0 saturated heterocycles. The maximum atomic E-state index is 5.95. The predicted molar refractivity (Wildman–Crippen MR) is 73.1 cm³/mol. The SMILES string of the molecule is C=CCC(OCc1ccccc1)c1ccsc1. The van der Waals surface area contributed by atoms with E-state index in [-0.39, 0.29) is 6.10 Å². The first kappa shape index (κ1) is 12.1. The van der Waals surface area contributed by atoms with E-state index in [0.717, 1.165) is 6.42 Å². The van der Waals surface area contributed by atoms with E-state index in [1.807, 2.05) is 24.3 Å². The maximum absolute atomic E-state index is 5.95. The van der Waals surface area contributed by atoms with Gasteiger partial charge in [-0.3, -0.25) is 0 Å². The van der Waals surface area contributed by atoms with Crippen LogP contribution in [-0.2, 0) is 11.3 Å². The molecule has 0 amide bonds. The average Bonchev–Trinajstić information content (AvgIpc) is 2.89. The number of hydrogen-bond donors (Lipinski definition) is 0. The van der Waals surface area contributed by atoms with Gasteiger partial charge in [0.15, 0.2) is 0 Å². The summed E-state index contributed by atoms with van der Waals surface area (Å²) in [5, 5.41) is 4.22. The van der Waals surface area contributed by atoms with Gasteiger partial charge in [0.2, 0.25) is 0 Å². The second-order valence-electron chi connectivity index (χ2n) is 3.87. The molecule has 2 rings (SSSR count). The molecule has 0 aliphatic carbocycles. The molecule has 2 aromatic rings. The van der Waals surface area contributed by atoms with Gasteiger partial charge in [-0.05, 0) is 34.4 Å². The summed E-state index contributed by atoms with van der Waals surface area (Å²) in [7, 11) is 0. The largest absolute Gasteiger partial charge is 0.368 e. The van der Waals surface area contributed by atoms with E-state index in [0.29, 0.717) is 6.61 Å². The molecule has 1 aromatic carbocycles. The molecule has 88 valence electrons. The van der Waals surface area contributed by atoms with Gasteiger partial charge < -0.3 is 4.74 Å². The van der Waals surface area contributed by atoms with Gasteiger partial charge in [-0.25, -0.2) is 0 Å². The smallest absolute Gasteiger partial charge is 0.0871 e. The molecule has 0 N–H and O–H groups in total. The minimum absolute atomic E-state index is 0.124. The highest BCUT2D eigenvalue weighted by atomic mass is 32.1. The van der Waals surface area contributed by atoms with Crippen molar-refractivity contribution in [2.45, 2.75) is 19.1 Å². The lowest BCUT2D eigenvalue weighted by Gasteiger charge is -2.15. The molecule has 0 bridgehead atoms. The van der Waals surface area contributed by atoms with Gasteiger partial charge in [-0.1, -0.05) is 36.4 Å². The third-order valence-corrected chi connectivity index (χ3v) is 3.29. The lowest BCUT2D eigenvalue weighted by Crippen LogP contribution is -2.02. The lowest BCUT2D eigenvalue weighted by molar-refractivity contribution is 0.0420. The summed E-state index contributed by atoms with van der Waals surface area (Å²) >= 11 is 1.70. The summed E-state index contributed by atoms with van der Waals surface area (Å²) < 4.78 is 5.95. The van der Waals surface area contributed by atoms with Crippen LogP contribution in [0.3, 0.4) is 0 Å². The van der Waals surface area contributed by atoms with E-state index >= 15 is 0 Å². The van der Waals surface area contributed by atoms with E-state index in [1.54, 1.807) is 11.3 Å². The maximum Gasteiger partial charge on any atom is 0.0871 e. The van der Waals surface area contributed by atoms with Crippen LogP contribution in [0.4, 0.5) is 0 Å². The molecule has 1 unspecified atom stereocenters. The van der Waals surface area contributed by atoms with Gasteiger partial charge in [0.05, 0.1) is 12.7 Å². The minimum Gasteiger partial charge on any atom is -0.368 e. The molecule has 2 heteroatoms. The highest BCUT2D eigenvalue weighted by molar-refractivity contribution is 7.07. The quantitative estimate of drug-likeness (QED) is 0.676. The van der Waals surface area contributed by atoms with E-state index in [9.17, 15) is 0 Å². The number of ether oxygens (including phenoxy) is 1. The van der Waals surface area contributed by atoms with Gasteiger partial charge in [0.1, 0.15) is 0 Å². The fraction of sp³-hybridized carbons (Fsp3) is 0.200. The Hall–Kier alpha value is -1.38. The second-order valence-corrected chi connectivity index (χ2v) is 4.65. The first-order valence-corrected chi connectivity index (χ1v) is 6.63. The predicted octanol–water partition coefficient (Wildman–Crippen LogP) is 4.58. The topological polar surface area (TPSA) is 9.23 Å². The van der Waals surface area contributed by atoms with Crippen LogP contribution in [-0.4, -0.2) is 0 Å². The number of benzene rings is 1. The van der Waals surface area contributed by atoms with Gasteiger partial charge in [0, 0.05) is 0 Å². The minimum atomic E-state index is 0.124. The van der Waals surface area contributed by atoms with Gasteiger partial charge in [-0.15, -0.1) is 6.58 Å². The third-order valence-electron chi connectivity index (χ3n) is 2.59. The molecular weight excluding hydrogens is 228 g/mol.